The number of carboxylic acid groups (broad SMARTS) is 1. The summed E-state index contributed by atoms with van der Waals surface area (Å²) >= 11 is 0. The number of phenols is 1. The number of hydrogen-bond acceptors (Lipinski definition) is 6. The van der Waals surface area contributed by atoms with Crippen LogP contribution in [0.4, 0.5) is 0 Å². The fraction of sp³-hybridized carbons (Fsp3) is 0.630. The number of carboxylic acids is 1. The molecule has 0 spiro atoms. The minimum absolute atomic E-state index is 0.0395. The Bertz CT molecular complexity index is 905. The highest BCUT2D eigenvalue weighted by atomic mass is 16.4. The third-order valence-corrected chi connectivity index (χ3v) is 6.68. The molecule has 0 heterocycles. The van der Waals surface area contributed by atoms with Crippen LogP contribution in [0.25, 0.3) is 0 Å². The number of carbonyl (C=O) groups excluding carboxylic acids is 3. The van der Waals surface area contributed by atoms with Crippen LogP contribution in [0.15, 0.2) is 24.3 Å². The molecule has 7 N–H and O–H groups in total. The monoisotopic (exact) mass is 520 g/mol. The molecule has 208 valence electrons. The van der Waals surface area contributed by atoms with Crippen molar-refractivity contribution in [1.29, 1.82) is 0 Å². The summed E-state index contributed by atoms with van der Waals surface area (Å²) in [5, 5.41) is 27.1. The second-order valence-corrected chi connectivity index (χ2v) is 10.2. The van der Waals surface area contributed by atoms with Crippen LogP contribution < -0.4 is 21.7 Å². The van der Waals surface area contributed by atoms with Crippen LogP contribution in [-0.4, -0.2) is 58.1 Å². The van der Waals surface area contributed by atoms with Crippen molar-refractivity contribution in [3.8, 4) is 5.75 Å². The second-order valence-electron chi connectivity index (χ2n) is 10.2. The third kappa shape index (κ3) is 10.4. The summed E-state index contributed by atoms with van der Waals surface area (Å²) in [7, 11) is 0. The Morgan fingerprint density at radius 2 is 1.35 bits per heavy atom. The number of nitrogens with two attached hydrogens (primary N) is 1. The van der Waals surface area contributed by atoms with Crippen molar-refractivity contribution in [3.05, 3.63) is 29.8 Å². The molecule has 10 heteroatoms. The van der Waals surface area contributed by atoms with Crippen LogP contribution in [0.5, 0.6) is 5.75 Å². The number of amides is 3. The Morgan fingerprint density at radius 1 is 0.811 bits per heavy atom. The molecule has 10 nitrogen and oxygen atoms in total. The van der Waals surface area contributed by atoms with Gasteiger partial charge in [-0.2, -0.15) is 0 Å². The SMILES string of the molecule is CCC(C)C(N)C(=O)NC(Cc1ccc(O)cc1)C(=O)NC(C(=O)NC(CC(C)C)C(=O)O)C(C)CC. The lowest BCUT2D eigenvalue weighted by Crippen LogP contribution is -2.59. The largest absolute Gasteiger partial charge is 0.508 e. The summed E-state index contributed by atoms with van der Waals surface area (Å²) in [6.07, 6.45) is 1.58. The zero-order valence-electron chi connectivity index (χ0n) is 22.8. The number of aromatic hydroxyl groups is 1. The highest BCUT2D eigenvalue weighted by molar-refractivity contribution is 5.94. The molecule has 0 radical (unpaired) electrons. The molecule has 0 aliphatic carbocycles. The summed E-state index contributed by atoms with van der Waals surface area (Å²) in [5.41, 5.74) is 6.76. The van der Waals surface area contributed by atoms with Crippen molar-refractivity contribution in [3.63, 3.8) is 0 Å². The van der Waals surface area contributed by atoms with Crippen molar-refractivity contribution in [1.82, 2.24) is 16.0 Å². The van der Waals surface area contributed by atoms with Gasteiger partial charge in [0, 0.05) is 6.42 Å². The Balaban J connectivity index is 3.18. The van der Waals surface area contributed by atoms with Gasteiger partial charge in [-0.15, -0.1) is 0 Å². The van der Waals surface area contributed by atoms with Crippen LogP contribution in [0, 0.1) is 17.8 Å². The molecule has 0 fully saturated rings. The van der Waals surface area contributed by atoms with Crippen LogP contribution in [0.1, 0.15) is 66.4 Å². The number of hydrogen-bond donors (Lipinski definition) is 6. The fourth-order valence-electron chi connectivity index (χ4n) is 3.77. The molecule has 0 saturated carbocycles. The molecule has 0 aliphatic heterocycles. The molecule has 37 heavy (non-hydrogen) atoms. The third-order valence-electron chi connectivity index (χ3n) is 6.68. The summed E-state index contributed by atoms with van der Waals surface area (Å²) in [5.74, 6) is -3.12. The van der Waals surface area contributed by atoms with Gasteiger partial charge in [-0.3, -0.25) is 14.4 Å². The van der Waals surface area contributed by atoms with Gasteiger partial charge in [0.15, 0.2) is 0 Å². The number of benzene rings is 1. The van der Waals surface area contributed by atoms with Crippen molar-refractivity contribution < 1.29 is 29.4 Å². The van der Waals surface area contributed by atoms with Crippen molar-refractivity contribution in [2.75, 3.05) is 0 Å². The van der Waals surface area contributed by atoms with E-state index < -0.39 is 47.9 Å². The van der Waals surface area contributed by atoms with E-state index in [4.69, 9.17) is 5.73 Å². The van der Waals surface area contributed by atoms with E-state index in [1.165, 1.54) is 12.1 Å². The topological polar surface area (TPSA) is 171 Å². The molecule has 3 amide bonds. The molecule has 0 saturated heterocycles. The molecule has 1 aromatic rings. The molecule has 0 aromatic heterocycles. The maximum atomic E-state index is 13.4. The molecular formula is C27H44N4O6. The average molecular weight is 521 g/mol. The Morgan fingerprint density at radius 3 is 1.84 bits per heavy atom. The van der Waals surface area contributed by atoms with Gasteiger partial charge < -0.3 is 31.9 Å². The standard InChI is InChI=1S/C27H44N4O6/c1-7-16(5)22(28)25(34)29-20(14-18-9-11-19(32)12-10-18)24(33)31-23(17(6)8-2)26(35)30-21(27(36)37)13-15(3)4/h9-12,15-17,20-23,32H,7-8,13-14,28H2,1-6H3,(H,29,34)(H,30,35)(H,31,33)(H,36,37). The van der Waals surface area contributed by atoms with Gasteiger partial charge in [0.05, 0.1) is 6.04 Å². The van der Waals surface area contributed by atoms with Gasteiger partial charge in [0.25, 0.3) is 0 Å². The van der Waals surface area contributed by atoms with Gasteiger partial charge in [-0.25, -0.2) is 4.79 Å². The predicted molar refractivity (Wildman–Crippen MR) is 142 cm³/mol. The Kier molecular flexibility index (Phi) is 13.1. The van der Waals surface area contributed by atoms with Gasteiger partial charge in [-0.05, 0) is 41.9 Å². The first kappa shape index (κ1) is 31.9. The highest BCUT2D eigenvalue weighted by Crippen LogP contribution is 2.14. The van der Waals surface area contributed by atoms with E-state index in [1.807, 2.05) is 34.6 Å². The maximum Gasteiger partial charge on any atom is 0.326 e. The van der Waals surface area contributed by atoms with Crippen molar-refractivity contribution in [2.24, 2.45) is 23.5 Å². The van der Waals surface area contributed by atoms with E-state index in [1.54, 1.807) is 19.1 Å². The van der Waals surface area contributed by atoms with E-state index in [2.05, 4.69) is 16.0 Å². The van der Waals surface area contributed by atoms with E-state index in [-0.39, 0.29) is 36.3 Å². The predicted octanol–water partition coefficient (Wildman–Crippen LogP) is 1.94. The average Bonchev–Trinajstić information content (AvgIpc) is 2.85. The lowest BCUT2D eigenvalue weighted by Gasteiger charge is -2.29. The van der Waals surface area contributed by atoms with E-state index >= 15 is 0 Å². The summed E-state index contributed by atoms with van der Waals surface area (Å²) in [4.78, 5) is 51.1. The molecular weight excluding hydrogens is 476 g/mol. The number of aliphatic carboxylic acids is 1. The number of carbonyl (C=O) groups is 4. The van der Waals surface area contributed by atoms with E-state index in [0.717, 1.165) is 0 Å². The van der Waals surface area contributed by atoms with Gasteiger partial charge in [0.2, 0.25) is 17.7 Å². The molecule has 0 aliphatic rings. The molecule has 1 aromatic carbocycles. The Labute approximate surface area is 219 Å². The number of phenolic OH excluding ortho intramolecular Hbond substituents is 1. The van der Waals surface area contributed by atoms with Gasteiger partial charge in [0.1, 0.15) is 23.9 Å². The maximum absolute atomic E-state index is 13.4. The summed E-state index contributed by atoms with van der Waals surface area (Å²) in [6, 6.07) is 2.28. The first-order valence-corrected chi connectivity index (χ1v) is 13.0. The van der Waals surface area contributed by atoms with Crippen molar-refractivity contribution in [2.45, 2.75) is 91.4 Å². The van der Waals surface area contributed by atoms with Crippen LogP contribution in [-0.2, 0) is 25.6 Å². The summed E-state index contributed by atoms with van der Waals surface area (Å²) in [6.45, 7) is 11.1. The zero-order chi connectivity index (χ0) is 28.3. The van der Waals surface area contributed by atoms with Crippen LogP contribution in [0.2, 0.25) is 0 Å². The first-order valence-electron chi connectivity index (χ1n) is 13.0. The normalized spacial score (nSPS) is 16.1. The lowest BCUT2D eigenvalue weighted by molar-refractivity contribution is -0.143. The number of nitrogens with one attached hydrogen (secondary N) is 3. The first-order chi connectivity index (χ1) is 17.3. The lowest BCUT2D eigenvalue weighted by atomic mass is 9.95. The molecule has 6 atom stereocenters. The van der Waals surface area contributed by atoms with Gasteiger partial charge in [-0.1, -0.05) is 66.5 Å². The quantitative estimate of drug-likeness (QED) is 0.205. The molecule has 0 bridgehead atoms. The van der Waals surface area contributed by atoms with E-state index in [9.17, 15) is 29.4 Å². The van der Waals surface area contributed by atoms with Crippen molar-refractivity contribution >= 4 is 23.7 Å². The van der Waals surface area contributed by atoms with Gasteiger partial charge >= 0.3 is 5.97 Å². The second kappa shape index (κ2) is 15.2. The van der Waals surface area contributed by atoms with Crippen LogP contribution >= 0.6 is 0 Å². The fourth-order valence-corrected chi connectivity index (χ4v) is 3.77. The van der Waals surface area contributed by atoms with Crippen LogP contribution in [0.3, 0.4) is 0 Å². The molecule has 1 rings (SSSR count). The minimum atomic E-state index is -1.15. The smallest absolute Gasteiger partial charge is 0.326 e. The summed E-state index contributed by atoms with van der Waals surface area (Å²) < 4.78 is 0. The number of rotatable bonds is 15. The Hall–Kier alpha value is -3.14. The minimum Gasteiger partial charge on any atom is -0.508 e. The van der Waals surface area contributed by atoms with E-state index in [0.29, 0.717) is 18.4 Å². The highest BCUT2D eigenvalue weighted by Gasteiger charge is 2.33. The zero-order valence-corrected chi connectivity index (χ0v) is 22.8. The molecule has 6 unspecified atom stereocenters.